The highest BCUT2D eigenvalue weighted by atomic mass is 16.6. The number of fused-ring (bicyclic) bond motifs is 1. The van der Waals surface area contributed by atoms with Crippen molar-refractivity contribution in [2.24, 2.45) is 5.41 Å². The first-order valence-electron chi connectivity index (χ1n) is 6.63. The maximum atomic E-state index is 9.44. The standard InChI is InChI=1S/C15H18N2O2/c1-17(2)14(15(10-16)5-6-15)11-3-4-12-13(9-11)19-8-7-18-12/h3-4,9,14H,5-8H2,1-2H3. The van der Waals surface area contributed by atoms with Gasteiger partial charge in [0.15, 0.2) is 11.5 Å². The zero-order valence-corrected chi connectivity index (χ0v) is 11.3. The first-order valence-corrected chi connectivity index (χ1v) is 6.63. The fourth-order valence-corrected chi connectivity index (χ4v) is 2.92. The molecule has 0 amide bonds. The van der Waals surface area contributed by atoms with Crippen LogP contribution in [0.1, 0.15) is 24.4 Å². The Hall–Kier alpha value is -1.73. The second-order valence-electron chi connectivity index (χ2n) is 5.54. The Balaban J connectivity index is 1.98. The van der Waals surface area contributed by atoms with Crippen LogP contribution in [0.3, 0.4) is 0 Å². The van der Waals surface area contributed by atoms with E-state index < -0.39 is 0 Å². The number of nitrogens with zero attached hydrogens (tertiary/aromatic N) is 2. The molecule has 1 atom stereocenters. The van der Waals surface area contributed by atoms with Crippen LogP contribution in [0.25, 0.3) is 0 Å². The van der Waals surface area contributed by atoms with E-state index in [0.29, 0.717) is 13.2 Å². The van der Waals surface area contributed by atoms with Crippen LogP contribution in [-0.2, 0) is 0 Å². The van der Waals surface area contributed by atoms with Gasteiger partial charge < -0.3 is 14.4 Å². The van der Waals surface area contributed by atoms with Crippen molar-refractivity contribution in [3.05, 3.63) is 23.8 Å². The Morgan fingerprint density at radius 2 is 1.89 bits per heavy atom. The van der Waals surface area contributed by atoms with Crippen LogP contribution in [0.5, 0.6) is 11.5 Å². The molecule has 1 aliphatic heterocycles. The molecule has 0 spiro atoms. The van der Waals surface area contributed by atoms with Crippen molar-refractivity contribution in [2.45, 2.75) is 18.9 Å². The van der Waals surface area contributed by atoms with Gasteiger partial charge in [0, 0.05) is 0 Å². The lowest BCUT2D eigenvalue weighted by atomic mass is 9.90. The van der Waals surface area contributed by atoms with E-state index in [4.69, 9.17) is 9.47 Å². The van der Waals surface area contributed by atoms with Gasteiger partial charge in [-0.3, -0.25) is 0 Å². The molecular formula is C15H18N2O2. The van der Waals surface area contributed by atoms with Crippen LogP contribution < -0.4 is 9.47 Å². The fourth-order valence-electron chi connectivity index (χ4n) is 2.92. The third kappa shape index (κ3) is 2.04. The number of hydrogen-bond acceptors (Lipinski definition) is 4. The summed E-state index contributed by atoms with van der Waals surface area (Å²) in [6, 6.07) is 8.65. The van der Waals surface area contributed by atoms with Gasteiger partial charge in [-0.05, 0) is 44.6 Å². The molecule has 4 nitrogen and oxygen atoms in total. The summed E-state index contributed by atoms with van der Waals surface area (Å²) in [6.45, 7) is 1.19. The molecule has 1 unspecified atom stereocenters. The molecule has 1 aliphatic carbocycles. The van der Waals surface area contributed by atoms with E-state index in [0.717, 1.165) is 29.9 Å². The molecule has 1 aromatic carbocycles. The predicted octanol–water partition coefficient (Wildman–Crippen LogP) is 2.36. The molecule has 19 heavy (non-hydrogen) atoms. The zero-order valence-electron chi connectivity index (χ0n) is 11.3. The molecule has 0 N–H and O–H groups in total. The average Bonchev–Trinajstić information content (AvgIpc) is 3.19. The van der Waals surface area contributed by atoms with Gasteiger partial charge in [-0.25, -0.2) is 0 Å². The van der Waals surface area contributed by atoms with E-state index in [-0.39, 0.29) is 11.5 Å². The maximum absolute atomic E-state index is 9.44. The van der Waals surface area contributed by atoms with Crippen molar-refractivity contribution in [1.82, 2.24) is 4.90 Å². The lowest BCUT2D eigenvalue weighted by Gasteiger charge is -2.30. The molecule has 1 aromatic rings. The Morgan fingerprint density at radius 1 is 1.21 bits per heavy atom. The third-order valence-corrected chi connectivity index (χ3v) is 3.93. The molecule has 0 bridgehead atoms. The Bertz CT molecular complexity index is 529. The van der Waals surface area contributed by atoms with Gasteiger partial charge in [-0.2, -0.15) is 5.26 Å². The van der Waals surface area contributed by atoms with Gasteiger partial charge in [0.1, 0.15) is 13.2 Å². The topological polar surface area (TPSA) is 45.5 Å². The third-order valence-electron chi connectivity index (χ3n) is 3.93. The van der Waals surface area contributed by atoms with Crippen molar-refractivity contribution in [3.8, 4) is 17.6 Å². The van der Waals surface area contributed by atoms with Crippen molar-refractivity contribution in [1.29, 1.82) is 5.26 Å². The van der Waals surface area contributed by atoms with Gasteiger partial charge in [0.2, 0.25) is 0 Å². The molecule has 100 valence electrons. The van der Waals surface area contributed by atoms with Gasteiger partial charge in [-0.15, -0.1) is 0 Å². The van der Waals surface area contributed by atoms with Gasteiger partial charge in [-0.1, -0.05) is 6.07 Å². The number of rotatable bonds is 3. The van der Waals surface area contributed by atoms with Crippen LogP contribution in [0.4, 0.5) is 0 Å². The number of ether oxygens (including phenoxy) is 2. The molecule has 1 heterocycles. The smallest absolute Gasteiger partial charge is 0.161 e. The summed E-state index contributed by atoms with van der Waals surface area (Å²) in [7, 11) is 4.05. The molecular weight excluding hydrogens is 240 g/mol. The van der Waals surface area contributed by atoms with Crippen LogP contribution in [0.15, 0.2) is 18.2 Å². The first-order chi connectivity index (χ1) is 9.16. The van der Waals surface area contributed by atoms with Crippen molar-refractivity contribution >= 4 is 0 Å². The molecule has 0 radical (unpaired) electrons. The highest BCUT2D eigenvalue weighted by Crippen LogP contribution is 2.56. The van der Waals surface area contributed by atoms with E-state index in [1.165, 1.54) is 0 Å². The highest BCUT2D eigenvalue weighted by Gasteiger charge is 2.51. The summed E-state index contributed by atoms with van der Waals surface area (Å²) >= 11 is 0. The maximum Gasteiger partial charge on any atom is 0.161 e. The quantitative estimate of drug-likeness (QED) is 0.835. The second-order valence-corrected chi connectivity index (χ2v) is 5.54. The van der Waals surface area contributed by atoms with Crippen molar-refractivity contribution < 1.29 is 9.47 Å². The van der Waals surface area contributed by atoms with Gasteiger partial charge in [0.25, 0.3) is 0 Å². The Morgan fingerprint density at radius 3 is 2.47 bits per heavy atom. The molecule has 2 aliphatic rings. The van der Waals surface area contributed by atoms with E-state index in [1.54, 1.807) is 0 Å². The van der Waals surface area contributed by atoms with Crippen LogP contribution in [0.2, 0.25) is 0 Å². The lowest BCUT2D eigenvalue weighted by molar-refractivity contribution is 0.170. The molecule has 1 fully saturated rings. The van der Waals surface area contributed by atoms with E-state index in [9.17, 15) is 5.26 Å². The van der Waals surface area contributed by atoms with Crippen molar-refractivity contribution in [3.63, 3.8) is 0 Å². The average molecular weight is 258 g/mol. The SMILES string of the molecule is CN(C)C(c1ccc2c(c1)OCCO2)C1(C#N)CC1. The normalized spacial score (nSPS) is 20.7. The summed E-state index contributed by atoms with van der Waals surface area (Å²) in [5.74, 6) is 1.60. The van der Waals surface area contributed by atoms with E-state index >= 15 is 0 Å². The molecule has 0 aromatic heterocycles. The summed E-state index contributed by atoms with van der Waals surface area (Å²) in [4.78, 5) is 2.13. The minimum absolute atomic E-state index is 0.119. The monoisotopic (exact) mass is 258 g/mol. The minimum Gasteiger partial charge on any atom is -0.486 e. The number of benzene rings is 1. The Labute approximate surface area is 113 Å². The lowest BCUT2D eigenvalue weighted by Crippen LogP contribution is -2.28. The van der Waals surface area contributed by atoms with Gasteiger partial charge in [0.05, 0.1) is 17.5 Å². The first kappa shape index (κ1) is 12.3. The summed E-state index contributed by atoms with van der Waals surface area (Å²) < 4.78 is 11.2. The number of nitriles is 1. The van der Waals surface area contributed by atoms with Crippen LogP contribution >= 0.6 is 0 Å². The molecule has 0 saturated heterocycles. The summed E-state index contributed by atoms with van der Waals surface area (Å²) in [5, 5.41) is 9.44. The van der Waals surface area contributed by atoms with Crippen LogP contribution in [-0.4, -0.2) is 32.2 Å². The Kier molecular flexibility index (Phi) is 2.87. The largest absolute Gasteiger partial charge is 0.486 e. The molecule has 4 heteroatoms. The van der Waals surface area contributed by atoms with E-state index in [2.05, 4.69) is 17.0 Å². The van der Waals surface area contributed by atoms with E-state index in [1.807, 2.05) is 26.2 Å². The summed E-state index contributed by atoms with van der Waals surface area (Å²) in [6.07, 6.45) is 1.95. The number of hydrogen-bond donors (Lipinski definition) is 0. The second kappa shape index (κ2) is 4.43. The highest BCUT2D eigenvalue weighted by molar-refractivity contribution is 5.46. The molecule has 1 saturated carbocycles. The van der Waals surface area contributed by atoms with Crippen molar-refractivity contribution in [2.75, 3.05) is 27.3 Å². The predicted molar refractivity (Wildman–Crippen MR) is 71.1 cm³/mol. The van der Waals surface area contributed by atoms with Gasteiger partial charge >= 0.3 is 0 Å². The summed E-state index contributed by atoms with van der Waals surface area (Å²) in [5.41, 5.74) is 0.904. The molecule has 3 rings (SSSR count). The fraction of sp³-hybridized carbons (Fsp3) is 0.533. The zero-order chi connectivity index (χ0) is 13.5. The van der Waals surface area contributed by atoms with Crippen LogP contribution in [0, 0.1) is 16.7 Å². The minimum atomic E-state index is -0.229.